The minimum Gasteiger partial charge on any atom is -0.493 e. The number of carbonyl (C=O) groups is 4. The first-order valence-corrected chi connectivity index (χ1v) is 17.7. The lowest BCUT2D eigenvalue weighted by Crippen LogP contribution is -2.38. The zero-order valence-corrected chi connectivity index (χ0v) is 30.0. The van der Waals surface area contributed by atoms with E-state index in [0.29, 0.717) is 33.8 Å². The minimum atomic E-state index is -3.86. The summed E-state index contributed by atoms with van der Waals surface area (Å²) in [7, 11) is 0.564. The Labute approximate surface area is 294 Å². The number of benzene rings is 2. The lowest BCUT2D eigenvalue weighted by atomic mass is 10.1. The average molecular weight is 730 g/mol. The third-order valence-corrected chi connectivity index (χ3v) is 9.95. The van der Waals surface area contributed by atoms with Gasteiger partial charge in [-0.1, -0.05) is 6.07 Å². The largest absolute Gasteiger partial charge is 0.493 e. The predicted octanol–water partition coefficient (Wildman–Crippen LogP) is 4.60. The Morgan fingerprint density at radius 2 is 1.88 bits per heavy atom. The normalized spacial score (nSPS) is 14.6. The molecule has 0 fully saturated rings. The second kappa shape index (κ2) is 16.7. The summed E-state index contributed by atoms with van der Waals surface area (Å²) in [6.45, 7) is 5.17. The lowest BCUT2D eigenvalue weighted by Gasteiger charge is -2.23. The number of rotatable bonds is 16. The molecule has 1 aliphatic heterocycles. The molecule has 51 heavy (non-hydrogen) atoms. The number of halogens is 1. The summed E-state index contributed by atoms with van der Waals surface area (Å²) in [6, 6.07) is 9.08. The Hall–Kier alpha value is -5.18. The number of carboxylic acid groups (broad SMARTS) is 1. The first-order chi connectivity index (χ1) is 24.2. The number of anilines is 1. The van der Waals surface area contributed by atoms with E-state index >= 15 is 0 Å². The number of carbonyl (C=O) groups excluding carboxylic acids is 3. The Balaban J connectivity index is 1.36. The highest BCUT2D eigenvalue weighted by atomic mass is 31.2. The maximum atomic E-state index is 13.9. The second-order valence-corrected chi connectivity index (χ2v) is 13.6. The summed E-state index contributed by atoms with van der Waals surface area (Å²) in [5, 5.41) is 17.2. The van der Waals surface area contributed by atoms with E-state index in [1.54, 1.807) is 43.7 Å². The van der Waals surface area contributed by atoms with E-state index in [9.17, 15) is 33.2 Å². The van der Waals surface area contributed by atoms with Crippen LogP contribution in [0, 0.1) is 12.7 Å². The van der Waals surface area contributed by atoms with Crippen molar-refractivity contribution in [3.8, 4) is 11.5 Å². The smallest absolute Gasteiger partial charge is 0.410 e. The van der Waals surface area contributed by atoms with E-state index in [2.05, 4.69) is 15.7 Å². The van der Waals surface area contributed by atoms with E-state index in [-0.39, 0.29) is 55.1 Å². The predicted molar refractivity (Wildman–Crippen MR) is 186 cm³/mol. The number of ether oxygens (including phenoxy) is 3. The van der Waals surface area contributed by atoms with Crippen LogP contribution in [0.4, 0.5) is 14.9 Å². The fraction of sp³-hybridized carbons (Fsp3) is 0.353. The summed E-state index contributed by atoms with van der Waals surface area (Å²) < 4.78 is 50.5. The van der Waals surface area contributed by atoms with Crippen LogP contribution in [0.15, 0.2) is 42.5 Å². The molecule has 2 heterocycles. The highest BCUT2D eigenvalue weighted by molar-refractivity contribution is 7.57. The van der Waals surface area contributed by atoms with E-state index < -0.39 is 37.8 Å². The van der Waals surface area contributed by atoms with Crippen molar-refractivity contribution in [3.63, 3.8) is 0 Å². The van der Waals surface area contributed by atoms with Crippen molar-refractivity contribution in [2.24, 2.45) is 7.05 Å². The summed E-state index contributed by atoms with van der Waals surface area (Å²) in [5.41, 5.74) is 3.26. The van der Waals surface area contributed by atoms with Gasteiger partial charge in [-0.25, -0.2) is 14.3 Å². The molecule has 0 radical (unpaired) electrons. The van der Waals surface area contributed by atoms with E-state index in [4.69, 9.17) is 18.7 Å². The monoisotopic (exact) mass is 729 g/mol. The van der Waals surface area contributed by atoms with Gasteiger partial charge in [0.25, 0.3) is 11.8 Å². The molecular weight excluding hydrogens is 688 g/mol. The molecule has 3 amide bonds. The van der Waals surface area contributed by atoms with Gasteiger partial charge in [0.05, 0.1) is 18.2 Å². The number of nitrogens with zero attached hydrogens (tertiary/aromatic N) is 2. The van der Waals surface area contributed by atoms with Crippen molar-refractivity contribution in [2.75, 3.05) is 45.5 Å². The van der Waals surface area contributed by atoms with Crippen molar-refractivity contribution in [1.29, 1.82) is 0 Å². The third-order valence-electron chi connectivity index (χ3n) is 8.08. The highest BCUT2D eigenvalue weighted by Crippen LogP contribution is 2.46. The van der Waals surface area contributed by atoms with Gasteiger partial charge in [-0.3, -0.25) is 18.9 Å². The first-order valence-electron chi connectivity index (χ1n) is 15.8. The van der Waals surface area contributed by atoms with Gasteiger partial charge in [0.2, 0.25) is 0 Å². The Bertz CT molecular complexity index is 1890. The number of carboxylic acids is 1. The van der Waals surface area contributed by atoms with Crippen LogP contribution in [-0.4, -0.2) is 84.7 Å². The van der Waals surface area contributed by atoms with Gasteiger partial charge in [0.1, 0.15) is 24.8 Å². The van der Waals surface area contributed by atoms with Crippen molar-refractivity contribution in [3.05, 3.63) is 76.4 Å². The molecule has 0 saturated heterocycles. The maximum Gasteiger partial charge on any atom is 0.410 e. The second-order valence-electron chi connectivity index (χ2n) is 11.6. The minimum absolute atomic E-state index is 0.0207. The molecular formula is C34H41FN5O10P. The van der Waals surface area contributed by atoms with Crippen LogP contribution in [0.5, 0.6) is 11.5 Å². The van der Waals surface area contributed by atoms with Crippen LogP contribution >= 0.6 is 7.52 Å². The molecule has 274 valence electrons. The standard InChI is InChI=1S/C34H41FN5O10P/c1-7-40(34(45)49-18-22-8-11-29(48-6)30(14-22)50-51(46,19-47-5)38-20(2)33(43)44)13-12-36-31(41)25-16-24(39(4)21(25)3)17-27-26-15-23(35)9-10-28(26)37-32(27)42/h8-11,14-17,20H,7,12-13,18-19H2,1-6H3,(H,36,41)(H,37,42)(H,38,46)(H,43,44)/b27-17-. The zero-order valence-electron chi connectivity index (χ0n) is 29.1. The van der Waals surface area contributed by atoms with Crippen LogP contribution in [0.25, 0.3) is 11.6 Å². The number of methoxy groups -OCH3 is 2. The molecule has 17 heteroatoms. The number of fused-ring (bicyclic) bond motifs is 1. The van der Waals surface area contributed by atoms with Gasteiger partial charge in [0.15, 0.2) is 11.5 Å². The molecule has 2 atom stereocenters. The highest BCUT2D eigenvalue weighted by Gasteiger charge is 2.31. The van der Waals surface area contributed by atoms with Crippen LogP contribution < -0.4 is 25.0 Å². The molecule has 1 aromatic heterocycles. The third kappa shape index (κ3) is 9.34. The number of nitrogens with one attached hydrogen (secondary N) is 3. The molecule has 3 aromatic rings. The molecule has 2 unspecified atom stereocenters. The molecule has 0 aliphatic carbocycles. The average Bonchev–Trinajstić information content (AvgIpc) is 3.55. The summed E-state index contributed by atoms with van der Waals surface area (Å²) in [5.74, 6) is -2.24. The van der Waals surface area contributed by atoms with Gasteiger partial charge >= 0.3 is 19.6 Å². The number of hydrogen-bond donors (Lipinski definition) is 4. The SMILES string of the molecule is CCN(CCNC(=O)c1cc(/C=C2\C(=O)Nc3ccc(F)cc32)n(C)c1C)C(=O)OCc1ccc(OC)c(OP(=O)(COC)NC(C)C(=O)O)c1. The van der Waals surface area contributed by atoms with Crippen molar-refractivity contribution in [1.82, 2.24) is 19.9 Å². The molecule has 4 rings (SSSR count). The molecule has 0 saturated carbocycles. The Morgan fingerprint density at radius 1 is 1.14 bits per heavy atom. The van der Waals surface area contributed by atoms with Crippen LogP contribution in [-0.2, 0) is 37.3 Å². The Kier molecular flexibility index (Phi) is 12.6. The van der Waals surface area contributed by atoms with Crippen molar-refractivity contribution >= 4 is 48.7 Å². The molecule has 2 aromatic carbocycles. The number of aliphatic carboxylic acids is 1. The van der Waals surface area contributed by atoms with Gasteiger partial charge in [-0.15, -0.1) is 0 Å². The summed E-state index contributed by atoms with van der Waals surface area (Å²) >= 11 is 0. The molecule has 4 N–H and O–H groups in total. The van der Waals surface area contributed by atoms with Crippen LogP contribution in [0.2, 0.25) is 0 Å². The Morgan fingerprint density at radius 3 is 2.55 bits per heavy atom. The van der Waals surface area contributed by atoms with Crippen molar-refractivity contribution < 1.29 is 52.0 Å². The summed E-state index contributed by atoms with van der Waals surface area (Å²) in [6.07, 6.45) is 0.531. The molecule has 15 nitrogen and oxygen atoms in total. The van der Waals surface area contributed by atoms with Gasteiger partial charge < -0.3 is 43.9 Å². The lowest BCUT2D eigenvalue weighted by molar-refractivity contribution is -0.138. The fourth-order valence-corrected chi connectivity index (χ4v) is 6.89. The fourth-order valence-electron chi connectivity index (χ4n) is 5.21. The maximum absolute atomic E-state index is 13.9. The van der Waals surface area contributed by atoms with Gasteiger partial charge in [0, 0.05) is 56.4 Å². The van der Waals surface area contributed by atoms with E-state index in [1.807, 2.05) is 0 Å². The number of aromatic nitrogens is 1. The van der Waals surface area contributed by atoms with Crippen LogP contribution in [0.1, 0.15) is 46.7 Å². The number of amides is 3. The molecule has 0 spiro atoms. The van der Waals surface area contributed by atoms with Crippen molar-refractivity contribution in [2.45, 2.75) is 33.4 Å². The first kappa shape index (κ1) is 38.6. The summed E-state index contributed by atoms with van der Waals surface area (Å²) in [4.78, 5) is 51.4. The quantitative estimate of drug-likeness (QED) is 0.119. The van der Waals surface area contributed by atoms with Gasteiger partial charge in [-0.05, 0) is 68.8 Å². The topological polar surface area (TPSA) is 187 Å². The number of hydrogen-bond acceptors (Lipinski definition) is 9. The van der Waals surface area contributed by atoms with E-state index in [0.717, 1.165) is 0 Å². The van der Waals surface area contributed by atoms with Crippen LogP contribution in [0.3, 0.4) is 0 Å². The number of likely N-dealkylation sites (N-methyl/N-ethyl adjacent to an activating group) is 1. The molecule has 1 aliphatic rings. The molecule has 0 bridgehead atoms. The zero-order chi connectivity index (χ0) is 37.5. The van der Waals surface area contributed by atoms with E-state index in [1.165, 1.54) is 56.4 Å². The van der Waals surface area contributed by atoms with Gasteiger partial charge in [-0.2, -0.15) is 0 Å².